The van der Waals surface area contributed by atoms with Crippen LogP contribution in [0.15, 0.2) is 0 Å². The molecule has 0 spiro atoms. The molecule has 2 aliphatic rings. The molecule has 3 unspecified atom stereocenters. The zero-order chi connectivity index (χ0) is 13.1. The number of likely N-dealkylation sites (N-methyl/N-ethyl adjacent to an activating group) is 1. The minimum atomic E-state index is -0.0380. The third-order valence-electron chi connectivity index (χ3n) is 3.88. The van der Waals surface area contributed by atoms with Crippen molar-refractivity contribution in [3.05, 3.63) is 0 Å². The standard InChI is InChI=1S/C13H26N4O/c1-10-7-15-12(8-14-10)13(18)17-6-4-5-11(17)9-16(2)3/h10-12,14-15H,4-9H2,1-3H3. The lowest BCUT2D eigenvalue weighted by molar-refractivity contribution is -0.134. The summed E-state index contributed by atoms with van der Waals surface area (Å²) in [4.78, 5) is 16.8. The van der Waals surface area contributed by atoms with Gasteiger partial charge in [0, 0.05) is 38.3 Å². The number of hydrogen-bond donors (Lipinski definition) is 2. The van der Waals surface area contributed by atoms with Gasteiger partial charge in [0.1, 0.15) is 0 Å². The highest BCUT2D eigenvalue weighted by Gasteiger charge is 2.34. The average Bonchev–Trinajstić information content (AvgIpc) is 2.76. The van der Waals surface area contributed by atoms with Crippen molar-refractivity contribution in [3.63, 3.8) is 0 Å². The van der Waals surface area contributed by atoms with E-state index in [4.69, 9.17) is 0 Å². The van der Waals surface area contributed by atoms with Crippen LogP contribution in [0.25, 0.3) is 0 Å². The molecule has 0 aromatic heterocycles. The molecular formula is C13H26N4O. The number of hydrogen-bond acceptors (Lipinski definition) is 4. The number of piperazine rings is 1. The summed E-state index contributed by atoms with van der Waals surface area (Å²) in [7, 11) is 4.14. The van der Waals surface area contributed by atoms with Crippen LogP contribution in [-0.4, -0.2) is 74.1 Å². The second kappa shape index (κ2) is 5.99. The topological polar surface area (TPSA) is 47.6 Å². The van der Waals surface area contributed by atoms with E-state index in [2.05, 4.69) is 41.5 Å². The molecule has 0 aromatic carbocycles. The molecule has 104 valence electrons. The van der Waals surface area contributed by atoms with Gasteiger partial charge in [0.05, 0.1) is 6.04 Å². The van der Waals surface area contributed by atoms with Crippen LogP contribution in [0, 0.1) is 0 Å². The molecule has 0 radical (unpaired) electrons. The zero-order valence-corrected chi connectivity index (χ0v) is 11.8. The molecule has 0 bridgehead atoms. The normalized spacial score (nSPS) is 33.1. The van der Waals surface area contributed by atoms with E-state index in [0.717, 1.165) is 39.0 Å². The number of nitrogens with one attached hydrogen (secondary N) is 2. The van der Waals surface area contributed by atoms with Crippen LogP contribution in [0.1, 0.15) is 19.8 Å². The van der Waals surface area contributed by atoms with Crippen molar-refractivity contribution in [3.8, 4) is 0 Å². The molecule has 18 heavy (non-hydrogen) atoms. The number of nitrogens with zero attached hydrogens (tertiary/aromatic N) is 2. The van der Waals surface area contributed by atoms with E-state index in [-0.39, 0.29) is 11.9 Å². The van der Waals surface area contributed by atoms with Crippen LogP contribution in [-0.2, 0) is 4.79 Å². The third-order valence-corrected chi connectivity index (χ3v) is 3.88. The summed E-state index contributed by atoms with van der Waals surface area (Å²) in [5.74, 6) is 0.277. The van der Waals surface area contributed by atoms with Gasteiger partial charge in [-0.05, 0) is 33.9 Å². The highest BCUT2D eigenvalue weighted by atomic mass is 16.2. The first kappa shape index (κ1) is 13.8. The van der Waals surface area contributed by atoms with E-state index in [9.17, 15) is 4.79 Å². The van der Waals surface area contributed by atoms with Crippen LogP contribution in [0.4, 0.5) is 0 Å². The second-order valence-electron chi connectivity index (χ2n) is 5.86. The van der Waals surface area contributed by atoms with Crippen molar-refractivity contribution < 1.29 is 4.79 Å². The van der Waals surface area contributed by atoms with Gasteiger partial charge in [0.2, 0.25) is 5.91 Å². The Morgan fingerprint density at radius 1 is 1.33 bits per heavy atom. The smallest absolute Gasteiger partial charge is 0.241 e. The van der Waals surface area contributed by atoms with Crippen molar-refractivity contribution in [2.24, 2.45) is 0 Å². The predicted molar refractivity (Wildman–Crippen MR) is 72.5 cm³/mol. The molecule has 0 aromatic rings. The summed E-state index contributed by atoms with van der Waals surface area (Å²) in [5.41, 5.74) is 0. The molecule has 0 saturated carbocycles. The highest BCUT2D eigenvalue weighted by molar-refractivity contribution is 5.83. The minimum absolute atomic E-state index is 0.0380. The Balaban J connectivity index is 1.91. The van der Waals surface area contributed by atoms with Crippen LogP contribution >= 0.6 is 0 Å². The Kier molecular flexibility index (Phi) is 4.59. The molecule has 2 saturated heterocycles. The summed E-state index contributed by atoms with van der Waals surface area (Å²) >= 11 is 0. The van der Waals surface area contributed by atoms with Crippen LogP contribution in [0.3, 0.4) is 0 Å². The van der Waals surface area contributed by atoms with E-state index in [1.165, 1.54) is 0 Å². The second-order valence-corrected chi connectivity index (χ2v) is 5.86. The summed E-state index contributed by atoms with van der Waals surface area (Å²) in [5, 5.41) is 6.72. The quantitative estimate of drug-likeness (QED) is 0.712. The van der Waals surface area contributed by atoms with Crippen molar-refractivity contribution in [1.82, 2.24) is 20.4 Å². The van der Waals surface area contributed by atoms with E-state index in [0.29, 0.717) is 12.1 Å². The van der Waals surface area contributed by atoms with Gasteiger partial charge >= 0.3 is 0 Å². The Hall–Kier alpha value is -0.650. The van der Waals surface area contributed by atoms with Crippen molar-refractivity contribution >= 4 is 5.91 Å². The Morgan fingerprint density at radius 2 is 2.11 bits per heavy atom. The molecule has 0 aliphatic carbocycles. The number of amides is 1. The monoisotopic (exact) mass is 254 g/mol. The summed E-state index contributed by atoms with van der Waals surface area (Å²) < 4.78 is 0. The molecule has 2 aliphatic heterocycles. The van der Waals surface area contributed by atoms with Gasteiger partial charge in [-0.3, -0.25) is 4.79 Å². The maximum absolute atomic E-state index is 12.5. The van der Waals surface area contributed by atoms with E-state index >= 15 is 0 Å². The van der Waals surface area contributed by atoms with Gasteiger partial charge in [-0.1, -0.05) is 0 Å². The molecule has 3 atom stereocenters. The minimum Gasteiger partial charge on any atom is -0.337 e. The van der Waals surface area contributed by atoms with Crippen LogP contribution in [0.5, 0.6) is 0 Å². The fourth-order valence-electron chi connectivity index (χ4n) is 2.89. The number of likely N-dealkylation sites (tertiary alicyclic amines) is 1. The maximum Gasteiger partial charge on any atom is 0.241 e. The SMILES string of the molecule is CC1CNC(C(=O)N2CCCC2CN(C)C)CN1. The average molecular weight is 254 g/mol. The lowest BCUT2D eigenvalue weighted by Gasteiger charge is -2.34. The van der Waals surface area contributed by atoms with Gasteiger partial charge in [-0.2, -0.15) is 0 Å². The fraction of sp³-hybridized carbons (Fsp3) is 0.923. The molecule has 2 rings (SSSR count). The highest BCUT2D eigenvalue weighted by Crippen LogP contribution is 2.19. The molecule has 2 fully saturated rings. The Labute approximate surface area is 110 Å². The molecule has 2 N–H and O–H groups in total. The Morgan fingerprint density at radius 3 is 2.72 bits per heavy atom. The lowest BCUT2D eigenvalue weighted by atomic mass is 10.1. The molecule has 5 heteroatoms. The van der Waals surface area contributed by atoms with Crippen LogP contribution in [0.2, 0.25) is 0 Å². The summed E-state index contributed by atoms with van der Waals surface area (Å²) in [6.07, 6.45) is 2.28. The summed E-state index contributed by atoms with van der Waals surface area (Å²) in [6.45, 7) is 5.67. The first-order valence-corrected chi connectivity index (χ1v) is 7.00. The first-order valence-electron chi connectivity index (χ1n) is 7.00. The summed E-state index contributed by atoms with van der Waals surface area (Å²) in [6, 6.07) is 0.822. The largest absolute Gasteiger partial charge is 0.337 e. The van der Waals surface area contributed by atoms with E-state index < -0.39 is 0 Å². The van der Waals surface area contributed by atoms with Crippen molar-refractivity contribution in [2.45, 2.75) is 37.9 Å². The van der Waals surface area contributed by atoms with Crippen molar-refractivity contribution in [2.75, 3.05) is 40.3 Å². The number of rotatable bonds is 3. The molecule has 5 nitrogen and oxygen atoms in total. The third kappa shape index (κ3) is 3.22. The van der Waals surface area contributed by atoms with E-state index in [1.54, 1.807) is 0 Å². The fourth-order valence-corrected chi connectivity index (χ4v) is 2.89. The number of carbonyl (C=O) groups excluding carboxylic acids is 1. The van der Waals surface area contributed by atoms with E-state index in [1.807, 2.05) is 0 Å². The van der Waals surface area contributed by atoms with Gasteiger partial charge < -0.3 is 20.4 Å². The maximum atomic E-state index is 12.5. The van der Waals surface area contributed by atoms with Gasteiger partial charge in [-0.25, -0.2) is 0 Å². The Bertz CT molecular complexity index is 287. The van der Waals surface area contributed by atoms with Gasteiger partial charge in [-0.15, -0.1) is 0 Å². The van der Waals surface area contributed by atoms with Gasteiger partial charge in [0.25, 0.3) is 0 Å². The van der Waals surface area contributed by atoms with Crippen molar-refractivity contribution in [1.29, 1.82) is 0 Å². The first-order chi connectivity index (χ1) is 8.58. The molecular weight excluding hydrogens is 228 g/mol. The lowest BCUT2D eigenvalue weighted by Crippen LogP contribution is -2.60. The molecule has 2 heterocycles. The van der Waals surface area contributed by atoms with Crippen LogP contribution < -0.4 is 10.6 Å². The number of carbonyl (C=O) groups is 1. The molecule has 1 amide bonds. The zero-order valence-electron chi connectivity index (χ0n) is 11.8. The predicted octanol–water partition coefficient (Wildman–Crippen LogP) is -0.511. The van der Waals surface area contributed by atoms with Gasteiger partial charge in [0.15, 0.2) is 0 Å².